The van der Waals surface area contributed by atoms with E-state index in [9.17, 15) is 0 Å². The zero-order valence-corrected chi connectivity index (χ0v) is 13.1. The SMILES string of the molecule is COc1ccc(CNCCC2CCCC2)c(Cl)c1OC. The molecule has 0 spiro atoms. The summed E-state index contributed by atoms with van der Waals surface area (Å²) < 4.78 is 10.5. The predicted octanol–water partition coefficient (Wildman–Crippen LogP) is 4.03. The maximum atomic E-state index is 6.35. The average molecular weight is 298 g/mol. The molecule has 4 heteroatoms. The number of halogens is 1. The van der Waals surface area contributed by atoms with E-state index in [1.165, 1.54) is 32.1 Å². The number of nitrogens with one attached hydrogen (secondary N) is 1. The Kier molecular flexibility index (Phi) is 5.99. The molecule has 0 unspecified atom stereocenters. The van der Waals surface area contributed by atoms with Crippen LogP contribution >= 0.6 is 11.6 Å². The molecule has 112 valence electrons. The van der Waals surface area contributed by atoms with Crippen molar-refractivity contribution in [1.82, 2.24) is 5.32 Å². The van der Waals surface area contributed by atoms with Gasteiger partial charge in [-0.3, -0.25) is 0 Å². The van der Waals surface area contributed by atoms with Gasteiger partial charge in [0, 0.05) is 6.54 Å². The maximum absolute atomic E-state index is 6.35. The molecule has 0 bridgehead atoms. The Morgan fingerprint density at radius 2 is 1.95 bits per heavy atom. The lowest BCUT2D eigenvalue weighted by Gasteiger charge is -2.14. The van der Waals surface area contributed by atoms with E-state index in [-0.39, 0.29) is 0 Å². The molecule has 0 amide bonds. The van der Waals surface area contributed by atoms with Crippen LogP contribution in [0.4, 0.5) is 0 Å². The van der Waals surface area contributed by atoms with Crippen LogP contribution < -0.4 is 14.8 Å². The summed E-state index contributed by atoms with van der Waals surface area (Å²) in [7, 11) is 3.23. The molecule has 0 saturated heterocycles. The number of hydrogen-bond donors (Lipinski definition) is 1. The van der Waals surface area contributed by atoms with Gasteiger partial charge in [0.2, 0.25) is 0 Å². The summed E-state index contributed by atoms with van der Waals surface area (Å²) in [5.74, 6) is 2.21. The molecule has 0 aromatic heterocycles. The third kappa shape index (κ3) is 3.80. The fraction of sp³-hybridized carbons (Fsp3) is 0.625. The predicted molar refractivity (Wildman–Crippen MR) is 82.8 cm³/mol. The van der Waals surface area contributed by atoms with Gasteiger partial charge in [-0.25, -0.2) is 0 Å². The zero-order valence-electron chi connectivity index (χ0n) is 12.4. The van der Waals surface area contributed by atoms with Crippen LogP contribution in [0.25, 0.3) is 0 Å². The van der Waals surface area contributed by atoms with Gasteiger partial charge in [-0.15, -0.1) is 0 Å². The van der Waals surface area contributed by atoms with Crippen molar-refractivity contribution >= 4 is 11.6 Å². The Hall–Kier alpha value is -0.930. The van der Waals surface area contributed by atoms with Gasteiger partial charge < -0.3 is 14.8 Å². The second-order valence-electron chi connectivity index (χ2n) is 5.39. The lowest BCUT2D eigenvalue weighted by molar-refractivity contribution is 0.354. The van der Waals surface area contributed by atoms with Gasteiger partial charge in [-0.1, -0.05) is 43.4 Å². The Balaban J connectivity index is 1.85. The second-order valence-corrected chi connectivity index (χ2v) is 5.77. The smallest absolute Gasteiger partial charge is 0.179 e. The van der Waals surface area contributed by atoms with Crippen LogP contribution in [-0.4, -0.2) is 20.8 Å². The molecule has 1 aromatic carbocycles. The molecule has 1 aliphatic rings. The molecule has 0 heterocycles. The highest BCUT2D eigenvalue weighted by atomic mass is 35.5. The normalized spacial score (nSPS) is 15.6. The van der Waals surface area contributed by atoms with Crippen molar-refractivity contribution in [2.24, 2.45) is 5.92 Å². The molecule has 1 saturated carbocycles. The molecular formula is C16H24ClNO2. The highest BCUT2D eigenvalue weighted by Gasteiger charge is 2.15. The first-order valence-corrected chi connectivity index (χ1v) is 7.74. The molecule has 20 heavy (non-hydrogen) atoms. The van der Waals surface area contributed by atoms with Crippen LogP contribution in [0.2, 0.25) is 5.02 Å². The van der Waals surface area contributed by atoms with Gasteiger partial charge in [-0.05, 0) is 30.5 Å². The lowest BCUT2D eigenvalue weighted by atomic mass is 10.0. The van der Waals surface area contributed by atoms with E-state index in [1.807, 2.05) is 12.1 Å². The van der Waals surface area contributed by atoms with E-state index in [0.717, 1.165) is 24.6 Å². The first-order valence-electron chi connectivity index (χ1n) is 7.36. The number of rotatable bonds is 7. The van der Waals surface area contributed by atoms with E-state index >= 15 is 0 Å². The summed E-state index contributed by atoms with van der Waals surface area (Å²) >= 11 is 6.35. The van der Waals surface area contributed by atoms with Gasteiger partial charge in [-0.2, -0.15) is 0 Å². The number of methoxy groups -OCH3 is 2. The molecule has 1 aromatic rings. The lowest BCUT2D eigenvalue weighted by Crippen LogP contribution is -2.17. The van der Waals surface area contributed by atoms with Crippen molar-refractivity contribution in [3.8, 4) is 11.5 Å². The molecule has 1 N–H and O–H groups in total. The summed E-state index contributed by atoms with van der Waals surface area (Å²) in [4.78, 5) is 0. The van der Waals surface area contributed by atoms with Crippen LogP contribution in [0.15, 0.2) is 12.1 Å². The van der Waals surface area contributed by atoms with Crippen molar-refractivity contribution in [3.63, 3.8) is 0 Å². The Morgan fingerprint density at radius 1 is 1.20 bits per heavy atom. The van der Waals surface area contributed by atoms with E-state index in [0.29, 0.717) is 16.5 Å². The van der Waals surface area contributed by atoms with E-state index in [1.54, 1.807) is 14.2 Å². The minimum absolute atomic E-state index is 0.615. The van der Waals surface area contributed by atoms with Gasteiger partial charge in [0.1, 0.15) is 0 Å². The Labute approximate surface area is 126 Å². The Morgan fingerprint density at radius 3 is 2.60 bits per heavy atom. The minimum Gasteiger partial charge on any atom is -0.493 e. The minimum atomic E-state index is 0.615. The maximum Gasteiger partial charge on any atom is 0.179 e. The quantitative estimate of drug-likeness (QED) is 0.771. The first-order chi connectivity index (χ1) is 9.76. The highest BCUT2D eigenvalue weighted by Crippen LogP contribution is 2.37. The van der Waals surface area contributed by atoms with Crippen LogP contribution in [0.3, 0.4) is 0 Å². The number of benzene rings is 1. The van der Waals surface area contributed by atoms with Crippen LogP contribution in [0.1, 0.15) is 37.7 Å². The van der Waals surface area contributed by atoms with Crippen LogP contribution in [0, 0.1) is 5.92 Å². The zero-order chi connectivity index (χ0) is 14.4. The van der Waals surface area contributed by atoms with Crippen LogP contribution in [-0.2, 0) is 6.54 Å². The molecule has 1 aliphatic carbocycles. The third-order valence-corrected chi connectivity index (χ3v) is 4.50. The standard InChI is InChI=1S/C16H24ClNO2/c1-19-14-8-7-13(15(17)16(14)20-2)11-18-10-9-12-5-3-4-6-12/h7-8,12,18H,3-6,9-11H2,1-2H3. The molecule has 2 rings (SSSR count). The van der Waals surface area contributed by atoms with Gasteiger partial charge in [0.15, 0.2) is 11.5 Å². The molecule has 0 radical (unpaired) electrons. The fourth-order valence-corrected chi connectivity index (χ4v) is 3.19. The number of hydrogen-bond acceptors (Lipinski definition) is 3. The molecule has 3 nitrogen and oxygen atoms in total. The first kappa shape index (κ1) is 15.5. The van der Waals surface area contributed by atoms with E-state index in [4.69, 9.17) is 21.1 Å². The van der Waals surface area contributed by atoms with Gasteiger partial charge >= 0.3 is 0 Å². The molecule has 0 atom stereocenters. The summed E-state index contributed by atoms with van der Waals surface area (Å²) in [5.41, 5.74) is 1.05. The summed E-state index contributed by atoms with van der Waals surface area (Å²) in [6.45, 7) is 1.82. The third-order valence-electron chi connectivity index (χ3n) is 4.08. The molecule has 1 fully saturated rings. The summed E-state index contributed by atoms with van der Waals surface area (Å²) in [5, 5.41) is 4.12. The average Bonchev–Trinajstić information content (AvgIpc) is 2.97. The monoisotopic (exact) mass is 297 g/mol. The second kappa shape index (κ2) is 7.75. The highest BCUT2D eigenvalue weighted by molar-refractivity contribution is 6.33. The summed E-state index contributed by atoms with van der Waals surface area (Å²) in [6, 6.07) is 3.89. The van der Waals surface area contributed by atoms with E-state index in [2.05, 4.69) is 5.32 Å². The van der Waals surface area contributed by atoms with Gasteiger partial charge in [0.25, 0.3) is 0 Å². The van der Waals surface area contributed by atoms with Crippen molar-refractivity contribution in [2.75, 3.05) is 20.8 Å². The molecular weight excluding hydrogens is 274 g/mol. The summed E-state index contributed by atoms with van der Waals surface area (Å²) in [6.07, 6.45) is 6.89. The van der Waals surface area contributed by atoms with Crippen molar-refractivity contribution in [3.05, 3.63) is 22.7 Å². The van der Waals surface area contributed by atoms with Gasteiger partial charge in [0.05, 0.1) is 19.2 Å². The van der Waals surface area contributed by atoms with Crippen molar-refractivity contribution in [2.45, 2.75) is 38.6 Å². The van der Waals surface area contributed by atoms with E-state index < -0.39 is 0 Å². The largest absolute Gasteiger partial charge is 0.493 e. The topological polar surface area (TPSA) is 30.5 Å². The van der Waals surface area contributed by atoms with Crippen LogP contribution in [0.5, 0.6) is 11.5 Å². The van der Waals surface area contributed by atoms with Crippen molar-refractivity contribution in [1.29, 1.82) is 0 Å². The Bertz CT molecular complexity index is 431. The molecule has 0 aliphatic heterocycles. The number of ether oxygens (including phenoxy) is 2. The fourth-order valence-electron chi connectivity index (χ4n) is 2.89. The van der Waals surface area contributed by atoms with Crippen molar-refractivity contribution < 1.29 is 9.47 Å².